The van der Waals surface area contributed by atoms with E-state index in [-0.39, 0.29) is 48.9 Å². The number of nitrogens with zero attached hydrogens (tertiary/aromatic N) is 2. The summed E-state index contributed by atoms with van der Waals surface area (Å²) in [6, 6.07) is 19.0. The molecule has 2 aromatic carbocycles. The molecule has 0 bridgehead atoms. The summed E-state index contributed by atoms with van der Waals surface area (Å²) < 4.78 is 0. The van der Waals surface area contributed by atoms with Crippen molar-refractivity contribution in [3.05, 3.63) is 95.1 Å². The van der Waals surface area contributed by atoms with E-state index in [0.717, 1.165) is 55.2 Å². The van der Waals surface area contributed by atoms with Crippen molar-refractivity contribution in [2.45, 2.75) is 112 Å². The smallest absolute Gasteiger partial charge is 0.162 e. The van der Waals surface area contributed by atoms with Crippen LogP contribution in [0.3, 0.4) is 0 Å². The number of ketones is 1. The summed E-state index contributed by atoms with van der Waals surface area (Å²) in [7, 11) is 0. The van der Waals surface area contributed by atoms with E-state index < -0.39 is 0 Å². The zero-order valence-electron chi connectivity index (χ0n) is 29.8. The van der Waals surface area contributed by atoms with E-state index in [1.54, 1.807) is 0 Å². The average molecular weight is 810 g/mol. The molecule has 0 saturated heterocycles. The van der Waals surface area contributed by atoms with Gasteiger partial charge in [-0.3, -0.25) is 14.8 Å². The van der Waals surface area contributed by atoms with Crippen molar-refractivity contribution in [2.24, 2.45) is 11.8 Å². The van der Waals surface area contributed by atoms with Crippen LogP contribution in [0, 0.1) is 17.9 Å². The third kappa shape index (κ3) is 9.06. The maximum atomic E-state index is 11.7. The largest absolute Gasteiger partial charge is 0.512 e. The van der Waals surface area contributed by atoms with Gasteiger partial charge in [-0.05, 0) is 72.6 Å². The Hall–Kier alpha value is -3.14. The first-order chi connectivity index (χ1) is 21.9. The number of benzene rings is 2. The van der Waals surface area contributed by atoms with E-state index >= 15 is 0 Å². The van der Waals surface area contributed by atoms with Crippen LogP contribution in [-0.4, -0.2) is 20.9 Å². The molecule has 0 spiro atoms. The predicted octanol–water partition coefficient (Wildman–Crippen LogP) is 11.2. The Morgan fingerprint density at radius 1 is 0.872 bits per heavy atom. The van der Waals surface area contributed by atoms with E-state index in [1.165, 1.54) is 45.0 Å². The first-order valence-corrected chi connectivity index (χ1v) is 17.3. The van der Waals surface area contributed by atoms with Gasteiger partial charge in [0.05, 0.1) is 5.76 Å². The molecule has 2 aromatic heterocycles. The van der Waals surface area contributed by atoms with Crippen LogP contribution in [0.4, 0.5) is 0 Å². The molecule has 1 aliphatic rings. The molecule has 1 N–H and O–H groups in total. The molecule has 253 valence electrons. The Labute approximate surface area is 296 Å². The third-order valence-electron chi connectivity index (χ3n) is 9.48. The summed E-state index contributed by atoms with van der Waals surface area (Å²) in [5, 5.41) is 12.2. The third-order valence-corrected chi connectivity index (χ3v) is 9.48. The van der Waals surface area contributed by atoms with Crippen LogP contribution in [0.25, 0.3) is 33.2 Å². The van der Waals surface area contributed by atoms with Crippen LogP contribution in [0.2, 0.25) is 0 Å². The molecule has 1 radical (unpaired) electrons. The topological polar surface area (TPSA) is 63.1 Å². The zero-order valence-corrected chi connectivity index (χ0v) is 32.2. The van der Waals surface area contributed by atoms with Crippen LogP contribution >= 0.6 is 0 Å². The summed E-state index contributed by atoms with van der Waals surface area (Å²) in [6.07, 6.45) is 11.1. The first kappa shape index (κ1) is 38.3. The van der Waals surface area contributed by atoms with Crippen LogP contribution in [0.15, 0.2) is 66.7 Å². The molecule has 0 atom stereocenters. The molecule has 0 fully saturated rings. The van der Waals surface area contributed by atoms with E-state index in [4.69, 9.17) is 9.97 Å². The van der Waals surface area contributed by atoms with Crippen LogP contribution < -0.4 is 0 Å². The number of fused-ring (bicyclic) bond motifs is 4. The Morgan fingerprint density at radius 3 is 2.13 bits per heavy atom. The number of aliphatic hydroxyl groups excluding tert-OH is 1. The Morgan fingerprint density at radius 2 is 1.51 bits per heavy atom. The van der Waals surface area contributed by atoms with Crippen molar-refractivity contribution in [1.82, 2.24) is 9.97 Å². The quantitative estimate of drug-likeness (QED) is 0.104. The second kappa shape index (κ2) is 16.8. The van der Waals surface area contributed by atoms with Crippen molar-refractivity contribution in [3.8, 4) is 22.4 Å². The van der Waals surface area contributed by atoms with Crippen molar-refractivity contribution < 1.29 is 30.0 Å². The molecule has 1 aliphatic carbocycles. The van der Waals surface area contributed by atoms with Crippen molar-refractivity contribution in [1.29, 1.82) is 0 Å². The van der Waals surface area contributed by atoms with Crippen LogP contribution in [-0.2, 0) is 43.2 Å². The molecule has 0 saturated carbocycles. The molecule has 5 rings (SSSR count). The van der Waals surface area contributed by atoms with Gasteiger partial charge in [0, 0.05) is 67.4 Å². The molecule has 0 amide bonds. The number of hydrogen-bond donors (Lipinski definition) is 1. The maximum absolute atomic E-state index is 11.7. The zero-order chi connectivity index (χ0) is 33.6. The summed E-state index contributed by atoms with van der Waals surface area (Å²) >= 11 is 0. The van der Waals surface area contributed by atoms with Crippen LogP contribution in [0.5, 0.6) is 0 Å². The minimum atomic E-state index is 0. The number of pyridine rings is 2. The van der Waals surface area contributed by atoms with Gasteiger partial charge in [0.1, 0.15) is 0 Å². The van der Waals surface area contributed by atoms with Gasteiger partial charge in [-0.25, -0.2) is 0 Å². The second-order valence-electron chi connectivity index (χ2n) is 14.0. The molecule has 4 nitrogen and oxygen atoms in total. The summed E-state index contributed by atoms with van der Waals surface area (Å²) in [5.74, 6) is 0.994. The fourth-order valence-corrected chi connectivity index (χ4v) is 6.40. The normalized spacial score (nSPS) is 12.8. The fraction of sp³-hybridized carbons (Fsp3) is 0.452. The molecule has 5 heteroatoms. The standard InChI is InChI=1S/C29H29N2.C13H24O2.Ir/c1-18(2)27-14-20-10-11-21-16-30-28(15-24(21)25(20)17-31-27)22-12-19-8-6-7-9-23(19)26(13-22)29(3,4)5;1-5-10(6-2)12(14)9-13(15)11(7-3)8-4;/h6-9,13-18H,10-11H2,1-5H3;9-11,14H,5-8H2,1-4H3;/q-1;;/b;12-9-;. The predicted molar refractivity (Wildman–Crippen MR) is 193 cm³/mol. The molecule has 4 aromatic rings. The summed E-state index contributed by atoms with van der Waals surface area (Å²) in [6.45, 7) is 19.3. The monoisotopic (exact) mass is 810 g/mol. The van der Waals surface area contributed by atoms with Crippen molar-refractivity contribution in [3.63, 3.8) is 0 Å². The number of aliphatic hydroxyl groups is 1. The molecule has 2 heterocycles. The van der Waals surface area contributed by atoms with Gasteiger partial charge in [0.2, 0.25) is 0 Å². The summed E-state index contributed by atoms with van der Waals surface area (Å²) in [4.78, 5) is 21.3. The van der Waals surface area contributed by atoms with Gasteiger partial charge < -0.3 is 5.11 Å². The summed E-state index contributed by atoms with van der Waals surface area (Å²) in [5.41, 5.74) is 9.84. The fourth-order valence-electron chi connectivity index (χ4n) is 6.40. The molecule has 0 unspecified atom stereocenters. The Kier molecular flexibility index (Phi) is 13.7. The van der Waals surface area contributed by atoms with Gasteiger partial charge in [-0.15, -0.1) is 29.1 Å². The molecule has 47 heavy (non-hydrogen) atoms. The van der Waals surface area contributed by atoms with Gasteiger partial charge in [0.15, 0.2) is 5.78 Å². The molecular weight excluding hydrogens is 757 g/mol. The van der Waals surface area contributed by atoms with Crippen molar-refractivity contribution >= 4 is 16.6 Å². The number of aromatic nitrogens is 2. The van der Waals surface area contributed by atoms with E-state index in [9.17, 15) is 9.90 Å². The van der Waals surface area contributed by atoms with E-state index in [0.29, 0.717) is 5.92 Å². The average Bonchev–Trinajstić information content (AvgIpc) is 3.04. The van der Waals surface area contributed by atoms with Gasteiger partial charge in [0.25, 0.3) is 0 Å². The molecular formula is C42H53IrN2O2-. The minimum Gasteiger partial charge on any atom is -0.512 e. The van der Waals surface area contributed by atoms with Gasteiger partial charge in [-0.2, -0.15) is 0 Å². The molecule has 0 aliphatic heterocycles. The SMILES string of the molecule is CC(C)c1cc2c(cn1)-c1cc(-c3[c-]c4ccccc4c(C(C)(C)C)c3)ncc1CC2.CCC(CC)C(=O)/C=C(\O)C(CC)CC.[Ir]. The van der Waals surface area contributed by atoms with Gasteiger partial charge in [-0.1, -0.05) is 97.5 Å². The number of carbonyl (C=O) groups excluding carboxylic acids is 1. The van der Waals surface area contributed by atoms with E-state index in [2.05, 4.69) is 95.5 Å². The maximum Gasteiger partial charge on any atom is 0.162 e. The minimum absolute atomic E-state index is 0. The first-order valence-electron chi connectivity index (χ1n) is 17.3. The van der Waals surface area contributed by atoms with Crippen molar-refractivity contribution in [2.75, 3.05) is 0 Å². The Bertz CT molecular complexity index is 1690. The van der Waals surface area contributed by atoms with Crippen LogP contribution in [0.1, 0.15) is 116 Å². The number of aryl methyl sites for hydroxylation is 2. The number of rotatable bonds is 9. The van der Waals surface area contributed by atoms with Gasteiger partial charge >= 0.3 is 0 Å². The Balaban J connectivity index is 0.000000322. The van der Waals surface area contributed by atoms with E-state index in [1.807, 2.05) is 27.7 Å². The second-order valence-corrected chi connectivity index (χ2v) is 14.0. The number of allylic oxidation sites excluding steroid dienone is 2. The number of carbonyl (C=O) groups is 1. The number of hydrogen-bond acceptors (Lipinski definition) is 4.